The van der Waals surface area contributed by atoms with E-state index in [1.807, 2.05) is 36.5 Å². The number of anilines is 1. The first kappa shape index (κ1) is 17.0. The van der Waals surface area contributed by atoms with Crippen molar-refractivity contribution in [1.82, 2.24) is 0 Å². The minimum Gasteiger partial charge on any atom is -0.366 e. The number of benzene rings is 2. The fourth-order valence-corrected chi connectivity index (χ4v) is 2.34. The number of hydrogen-bond donors (Lipinski definition) is 3. The van der Waals surface area contributed by atoms with Crippen LogP contribution in [0.5, 0.6) is 0 Å². The van der Waals surface area contributed by atoms with Crippen molar-refractivity contribution in [3.8, 4) is 0 Å². The van der Waals surface area contributed by atoms with Crippen molar-refractivity contribution in [2.45, 2.75) is 13.0 Å². The molecule has 0 bridgehead atoms. The number of hydrogen-bond acceptors (Lipinski definition) is 2. The van der Waals surface area contributed by atoms with Crippen molar-refractivity contribution in [3.05, 3.63) is 64.7 Å². The van der Waals surface area contributed by atoms with Gasteiger partial charge in [0.25, 0.3) is 5.91 Å². The Bertz CT molecular complexity index is 701. The summed E-state index contributed by atoms with van der Waals surface area (Å²) >= 11 is 5.97. The predicted octanol–water partition coefficient (Wildman–Crippen LogP) is 1.70. The first-order valence-electron chi connectivity index (χ1n) is 7.24. The van der Waals surface area contributed by atoms with Crippen LogP contribution >= 0.6 is 11.6 Å². The molecule has 0 saturated heterocycles. The van der Waals surface area contributed by atoms with Crippen LogP contribution in [0, 0.1) is 0 Å². The van der Waals surface area contributed by atoms with E-state index < -0.39 is 5.91 Å². The normalized spacial score (nSPS) is 11.7. The van der Waals surface area contributed by atoms with E-state index in [0.29, 0.717) is 16.3 Å². The molecule has 23 heavy (non-hydrogen) atoms. The van der Waals surface area contributed by atoms with Crippen molar-refractivity contribution in [3.63, 3.8) is 0 Å². The second-order valence-electron chi connectivity index (χ2n) is 5.27. The van der Waals surface area contributed by atoms with Crippen LogP contribution in [-0.2, 0) is 4.79 Å². The fraction of sp³-hybridized carbons (Fsp3) is 0.176. The van der Waals surface area contributed by atoms with Crippen LogP contribution in [0.2, 0.25) is 5.02 Å². The monoisotopic (exact) mass is 332 g/mol. The van der Waals surface area contributed by atoms with Crippen molar-refractivity contribution in [1.29, 1.82) is 0 Å². The van der Waals surface area contributed by atoms with Crippen molar-refractivity contribution in [2.24, 2.45) is 5.73 Å². The molecule has 1 atom stereocenters. The molecule has 6 heteroatoms. The summed E-state index contributed by atoms with van der Waals surface area (Å²) in [6.45, 7) is 2.30. The quantitative estimate of drug-likeness (QED) is 0.751. The first-order chi connectivity index (χ1) is 11.0. The molecule has 0 aromatic heterocycles. The number of amides is 2. The summed E-state index contributed by atoms with van der Waals surface area (Å²) in [7, 11) is 0. The zero-order valence-electron chi connectivity index (χ0n) is 12.8. The molecule has 0 unspecified atom stereocenters. The van der Waals surface area contributed by atoms with E-state index in [-0.39, 0.29) is 18.5 Å². The Hall–Kier alpha value is -2.37. The molecule has 120 valence electrons. The lowest BCUT2D eigenvalue weighted by Crippen LogP contribution is -2.86. The number of halogens is 1. The first-order valence-corrected chi connectivity index (χ1v) is 7.62. The van der Waals surface area contributed by atoms with Crippen molar-refractivity contribution < 1.29 is 14.9 Å². The zero-order valence-corrected chi connectivity index (χ0v) is 13.5. The average Bonchev–Trinajstić information content (AvgIpc) is 2.53. The molecule has 0 heterocycles. The number of carbonyl (C=O) groups excluding carboxylic acids is 2. The highest BCUT2D eigenvalue weighted by Gasteiger charge is 2.12. The number of carbonyl (C=O) groups is 2. The van der Waals surface area contributed by atoms with E-state index in [1.54, 1.807) is 24.3 Å². The van der Waals surface area contributed by atoms with Gasteiger partial charge in [0.1, 0.15) is 6.04 Å². The molecule has 0 aliphatic heterocycles. The number of quaternary nitrogens is 1. The standard InChI is InChI=1S/C17H18ClN3O2/c1-11(13-3-2-4-14(18)9-13)20-10-16(22)21-15-7-5-12(6-8-15)17(19)23/h2-9,11,20H,10H2,1H3,(H2,19,23)(H,21,22)/p+1/t11-/m0/s1. The van der Waals surface area contributed by atoms with Gasteiger partial charge < -0.3 is 16.4 Å². The Labute approximate surface area is 139 Å². The summed E-state index contributed by atoms with van der Waals surface area (Å²) in [5.41, 5.74) is 7.27. The number of nitrogens with two attached hydrogens (primary N) is 2. The highest BCUT2D eigenvalue weighted by atomic mass is 35.5. The molecule has 2 rings (SSSR count). The van der Waals surface area contributed by atoms with E-state index in [1.165, 1.54) is 0 Å². The highest BCUT2D eigenvalue weighted by Crippen LogP contribution is 2.14. The smallest absolute Gasteiger partial charge is 0.279 e. The molecule has 0 spiro atoms. The lowest BCUT2D eigenvalue weighted by molar-refractivity contribution is -0.682. The van der Waals surface area contributed by atoms with Gasteiger partial charge in [-0.1, -0.05) is 23.7 Å². The molecule has 0 saturated carbocycles. The van der Waals surface area contributed by atoms with Gasteiger partial charge in [0.05, 0.1) is 0 Å². The zero-order chi connectivity index (χ0) is 16.8. The van der Waals surface area contributed by atoms with Gasteiger partial charge in [-0.15, -0.1) is 0 Å². The fourth-order valence-electron chi connectivity index (χ4n) is 2.14. The van der Waals surface area contributed by atoms with Crippen LogP contribution in [0.1, 0.15) is 28.9 Å². The van der Waals surface area contributed by atoms with Crippen LogP contribution in [0.15, 0.2) is 48.5 Å². The maximum Gasteiger partial charge on any atom is 0.279 e. The Morgan fingerprint density at radius 3 is 2.52 bits per heavy atom. The lowest BCUT2D eigenvalue weighted by atomic mass is 10.1. The average molecular weight is 333 g/mol. The summed E-state index contributed by atoms with van der Waals surface area (Å²) in [5, 5.41) is 5.39. The number of rotatable bonds is 6. The van der Waals surface area contributed by atoms with E-state index >= 15 is 0 Å². The third kappa shape index (κ3) is 5.09. The van der Waals surface area contributed by atoms with Gasteiger partial charge in [-0.05, 0) is 43.3 Å². The topological polar surface area (TPSA) is 88.8 Å². The predicted molar refractivity (Wildman–Crippen MR) is 90.2 cm³/mol. The molecule has 2 aromatic rings. The molecule has 5 N–H and O–H groups in total. The van der Waals surface area contributed by atoms with Gasteiger partial charge in [0, 0.05) is 21.8 Å². The maximum absolute atomic E-state index is 12.0. The molecule has 5 nitrogen and oxygen atoms in total. The number of primary amides is 1. The molecule has 2 amide bonds. The van der Waals surface area contributed by atoms with Crippen LogP contribution in [0.3, 0.4) is 0 Å². The van der Waals surface area contributed by atoms with E-state index in [0.717, 1.165) is 5.56 Å². The minimum absolute atomic E-state index is 0.120. The van der Waals surface area contributed by atoms with E-state index in [4.69, 9.17) is 17.3 Å². The molecular formula is C17H19ClN3O2+. The van der Waals surface area contributed by atoms with Crippen molar-refractivity contribution in [2.75, 3.05) is 11.9 Å². The molecular weight excluding hydrogens is 314 g/mol. The van der Waals surface area contributed by atoms with Gasteiger partial charge in [0.15, 0.2) is 6.54 Å². The van der Waals surface area contributed by atoms with Gasteiger partial charge in [-0.25, -0.2) is 0 Å². The third-order valence-electron chi connectivity index (χ3n) is 3.48. The van der Waals surface area contributed by atoms with Gasteiger partial charge in [-0.3, -0.25) is 9.59 Å². The molecule has 0 radical (unpaired) electrons. The Morgan fingerprint density at radius 1 is 1.22 bits per heavy atom. The maximum atomic E-state index is 12.0. The summed E-state index contributed by atoms with van der Waals surface area (Å²) in [5.74, 6) is -0.614. The Balaban J connectivity index is 1.86. The van der Waals surface area contributed by atoms with Crippen LogP contribution in [0.4, 0.5) is 5.69 Å². The second-order valence-corrected chi connectivity index (χ2v) is 5.71. The molecule has 2 aromatic carbocycles. The summed E-state index contributed by atoms with van der Waals surface area (Å²) in [6.07, 6.45) is 0. The molecule has 0 aliphatic rings. The van der Waals surface area contributed by atoms with E-state index in [2.05, 4.69) is 5.32 Å². The number of nitrogens with one attached hydrogen (secondary N) is 1. The third-order valence-corrected chi connectivity index (χ3v) is 3.72. The lowest BCUT2D eigenvalue weighted by Gasteiger charge is -2.11. The summed E-state index contributed by atoms with van der Waals surface area (Å²) in [4.78, 5) is 23.0. The molecule has 0 fully saturated rings. The highest BCUT2D eigenvalue weighted by molar-refractivity contribution is 6.30. The van der Waals surface area contributed by atoms with Crippen molar-refractivity contribution >= 4 is 29.1 Å². The SMILES string of the molecule is C[C@H]([NH2+]CC(=O)Nc1ccc(C(N)=O)cc1)c1cccc(Cl)c1. The summed E-state index contributed by atoms with van der Waals surface area (Å²) < 4.78 is 0. The van der Waals surface area contributed by atoms with Crippen LogP contribution < -0.4 is 16.4 Å². The van der Waals surface area contributed by atoms with Gasteiger partial charge in [-0.2, -0.15) is 0 Å². The van der Waals surface area contributed by atoms with E-state index in [9.17, 15) is 9.59 Å². The van der Waals surface area contributed by atoms with Gasteiger partial charge >= 0.3 is 0 Å². The van der Waals surface area contributed by atoms with Crippen LogP contribution in [0.25, 0.3) is 0 Å². The summed E-state index contributed by atoms with van der Waals surface area (Å²) in [6, 6.07) is 14.2. The Morgan fingerprint density at radius 2 is 1.91 bits per heavy atom. The largest absolute Gasteiger partial charge is 0.366 e. The minimum atomic E-state index is -0.494. The molecule has 0 aliphatic carbocycles. The Kier molecular flexibility index (Phi) is 5.73. The second kappa shape index (κ2) is 7.76. The van der Waals surface area contributed by atoms with Gasteiger partial charge in [0.2, 0.25) is 5.91 Å². The van der Waals surface area contributed by atoms with Crippen LogP contribution in [-0.4, -0.2) is 18.4 Å².